The van der Waals surface area contributed by atoms with Crippen molar-refractivity contribution in [2.75, 3.05) is 26.8 Å². The maximum Gasteiger partial charge on any atom is 0.407 e. The molecule has 5 rings (SSSR count). The molecule has 1 fully saturated rings. The van der Waals surface area contributed by atoms with Gasteiger partial charge in [0.15, 0.2) is 5.78 Å². The Morgan fingerprint density at radius 1 is 0.915 bits per heavy atom. The SMILES string of the molecule is COC(=O)N[C@H](C(=O)Cc1ccccc1CC[C@@H]1CNC[C@@H](COc2ccc(C#N)cc2C)O1)C(c1ccccc1)c1ccccc1. The van der Waals surface area contributed by atoms with E-state index in [1.165, 1.54) is 7.11 Å². The largest absolute Gasteiger partial charge is 0.491 e. The van der Waals surface area contributed by atoms with Crippen LogP contribution >= 0.6 is 0 Å². The Balaban J connectivity index is 1.26. The van der Waals surface area contributed by atoms with Gasteiger partial charge < -0.3 is 24.8 Å². The molecule has 8 heteroatoms. The molecule has 0 unspecified atom stereocenters. The van der Waals surface area contributed by atoms with E-state index < -0.39 is 18.1 Å². The Bertz CT molecular complexity index is 1630. The van der Waals surface area contributed by atoms with Gasteiger partial charge in [0.1, 0.15) is 24.5 Å². The molecular formula is C39H41N3O5. The highest BCUT2D eigenvalue weighted by Gasteiger charge is 2.33. The van der Waals surface area contributed by atoms with Crippen LogP contribution in [0, 0.1) is 18.3 Å². The second-order valence-corrected chi connectivity index (χ2v) is 11.8. The van der Waals surface area contributed by atoms with Crippen molar-refractivity contribution in [3.63, 3.8) is 0 Å². The van der Waals surface area contributed by atoms with Crippen LogP contribution in [0.2, 0.25) is 0 Å². The van der Waals surface area contributed by atoms with Crippen molar-refractivity contribution in [2.45, 2.75) is 50.4 Å². The van der Waals surface area contributed by atoms with Crippen molar-refractivity contribution in [1.82, 2.24) is 10.6 Å². The summed E-state index contributed by atoms with van der Waals surface area (Å²) >= 11 is 0. The van der Waals surface area contributed by atoms with Gasteiger partial charge >= 0.3 is 6.09 Å². The molecule has 8 nitrogen and oxygen atoms in total. The summed E-state index contributed by atoms with van der Waals surface area (Å²) in [6, 6.07) is 34.2. The number of rotatable bonds is 13. The fraction of sp³-hybridized carbons (Fsp3) is 0.308. The molecule has 1 amide bonds. The molecule has 0 aliphatic carbocycles. The fourth-order valence-corrected chi connectivity index (χ4v) is 6.13. The van der Waals surface area contributed by atoms with Crippen LogP contribution in [0.5, 0.6) is 5.75 Å². The number of nitrogens with zero attached hydrogens (tertiary/aromatic N) is 1. The number of nitriles is 1. The Morgan fingerprint density at radius 2 is 1.55 bits per heavy atom. The van der Waals surface area contributed by atoms with Gasteiger partial charge in [-0.15, -0.1) is 0 Å². The molecule has 4 aromatic rings. The summed E-state index contributed by atoms with van der Waals surface area (Å²) < 4.78 is 17.4. The quantitative estimate of drug-likeness (QED) is 0.189. The number of aryl methyl sites for hydroxylation is 2. The monoisotopic (exact) mass is 631 g/mol. The number of ketones is 1. The van der Waals surface area contributed by atoms with Crippen LogP contribution in [-0.2, 0) is 27.1 Å². The summed E-state index contributed by atoms with van der Waals surface area (Å²) in [6.07, 6.45) is 0.879. The number of benzene rings is 4. The Hall–Kier alpha value is -4.97. The number of carbonyl (C=O) groups is 2. The topological polar surface area (TPSA) is 110 Å². The zero-order valence-electron chi connectivity index (χ0n) is 26.9. The fourth-order valence-electron chi connectivity index (χ4n) is 6.13. The number of alkyl carbamates (subject to hydrolysis) is 1. The minimum Gasteiger partial charge on any atom is -0.491 e. The van der Waals surface area contributed by atoms with E-state index in [0.717, 1.165) is 53.0 Å². The molecule has 1 saturated heterocycles. The van der Waals surface area contributed by atoms with Gasteiger partial charge in [0.2, 0.25) is 0 Å². The molecule has 0 aromatic heterocycles. The summed E-state index contributed by atoms with van der Waals surface area (Å²) in [5.41, 5.74) is 5.37. The highest BCUT2D eigenvalue weighted by molar-refractivity contribution is 5.91. The number of methoxy groups -OCH3 is 1. The third kappa shape index (κ3) is 9.07. The minimum atomic E-state index is -0.841. The number of hydrogen-bond acceptors (Lipinski definition) is 7. The zero-order chi connectivity index (χ0) is 33.0. The van der Waals surface area contributed by atoms with Crippen LogP contribution in [0.3, 0.4) is 0 Å². The molecule has 2 N–H and O–H groups in total. The van der Waals surface area contributed by atoms with Crippen LogP contribution in [-0.4, -0.2) is 56.9 Å². The molecule has 4 aromatic carbocycles. The number of morpholine rings is 1. The van der Waals surface area contributed by atoms with Crippen molar-refractivity contribution in [3.05, 3.63) is 137 Å². The van der Waals surface area contributed by atoms with E-state index >= 15 is 0 Å². The van der Waals surface area contributed by atoms with Gasteiger partial charge in [0.25, 0.3) is 0 Å². The molecule has 0 saturated carbocycles. The van der Waals surface area contributed by atoms with Crippen LogP contribution in [0.25, 0.3) is 0 Å². The Kier molecular flexibility index (Phi) is 11.8. The van der Waals surface area contributed by atoms with E-state index in [-0.39, 0.29) is 24.4 Å². The number of carbonyl (C=O) groups excluding carboxylic acids is 2. The Morgan fingerprint density at radius 3 is 2.19 bits per heavy atom. The maximum atomic E-state index is 14.2. The third-order valence-electron chi connectivity index (χ3n) is 8.53. The molecule has 1 aliphatic heterocycles. The van der Waals surface area contributed by atoms with Gasteiger partial charge in [-0.2, -0.15) is 5.26 Å². The van der Waals surface area contributed by atoms with Gasteiger partial charge in [0.05, 0.1) is 24.8 Å². The first kappa shape index (κ1) is 33.4. The molecular weight excluding hydrogens is 590 g/mol. The molecule has 0 radical (unpaired) electrons. The zero-order valence-corrected chi connectivity index (χ0v) is 26.9. The molecule has 0 bridgehead atoms. The summed E-state index contributed by atoms with van der Waals surface area (Å²) in [6.45, 7) is 3.75. The molecule has 1 aliphatic rings. The van der Waals surface area contributed by atoms with Crippen LogP contribution in [0.15, 0.2) is 103 Å². The first-order valence-electron chi connectivity index (χ1n) is 16.0. The molecule has 47 heavy (non-hydrogen) atoms. The Labute approximate surface area is 276 Å². The second-order valence-electron chi connectivity index (χ2n) is 11.8. The summed E-state index contributed by atoms with van der Waals surface area (Å²) in [4.78, 5) is 26.7. The van der Waals surface area contributed by atoms with Crippen molar-refractivity contribution in [1.29, 1.82) is 5.26 Å². The van der Waals surface area contributed by atoms with Crippen LogP contribution in [0.1, 0.15) is 45.7 Å². The minimum absolute atomic E-state index is 0.0162. The van der Waals surface area contributed by atoms with E-state index in [1.807, 2.05) is 97.9 Å². The molecule has 0 spiro atoms. The van der Waals surface area contributed by atoms with Crippen molar-refractivity contribution in [3.8, 4) is 11.8 Å². The molecule has 242 valence electrons. The second kappa shape index (κ2) is 16.5. The average Bonchev–Trinajstić information content (AvgIpc) is 3.11. The highest BCUT2D eigenvalue weighted by Crippen LogP contribution is 2.30. The summed E-state index contributed by atoms with van der Waals surface area (Å²) in [5, 5.41) is 15.5. The van der Waals surface area contributed by atoms with Crippen molar-refractivity contribution >= 4 is 11.9 Å². The average molecular weight is 632 g/mol. The molecule has 1 heterocycles. The number of ether oxygens (including phenoxy) is 3. The highest BCUT2D eigenvalue weighted by atomic mass is 16.5. The number of nitrogens with one attached hydrogen (secondary N) is 2. The number of hydrogen-bond donors (Lipinski definition) is 2. The van der Waals surface area contributed by atoms with Gasteiger partial charge in [-0.05, 0) is 65.8 Å². The van der Waals surface area contributed by atoms with Gasteiger partial charge in [-0.25, -0.2) is 4.79 Å². The first-order chi connectivity index (χ1) is 22.9. The lowest BCUT2D eigenvalue weighted by Crippen LogP contribution is -2.47. The van der Waals surface area contributed by atoms with E-state index in [2.05, 4.69) is 22.8 Å². The van der Waals surface area contributed by atoms with Crippen LogP contribution < -0.4 is 15.4 Å². The summed E-state index contributed by atoms with van der Waals surface area (Å²) in [5.74, 6) is 0.242. The van der Waals surface area contributed by atoms with E-state index in [1.54, 1.807) is 6.07 Å². The van der Waals surface area contributed by atoms with E-state index in [9.17, 15) is 9.59 Å². The number of amides is 1. The van der Waals surface area contributed by atoms with Gasteiger partial charge in [0, 0.05) is 25.4 Å². The molecule has 3 atom stereocenters. The lowest BCUT2D eigenvalue weighted by molar-refractivity contribution is -0.120. The third-order valence-corrected chi connectivity index (χ3v) is 8.53. The normalized spacial score (nSPS) is 16.6. The van der Waals surface area contributed by atoms with Crippen molar-refractivity contribution in [2.24, 2.45) is 0 Å². The van der Waals surface area contributed by atoms with Gasteiger partial charge in [-0.1, -0.05) is 84.9 Å². The lowest BCUT2D eigenvalue weighted by atomic mass is 9.81. The van der Waals surface area contributed by atoms with E-state index in [0.29, 0.717) is 18.7 Å². The standard InChI is InChI=1S/C39H41N3O5/c1-27-21-28(23-40)17-20-36(27)46-26-34-25-41-24-33(47-34)19-18-29-11-9-10-16-32(29)22-35(43)38(42-39(44)45-2)37(30-12-5-3-6-13-30)31-14-7-4-8-15-31/h3-17,20-21,33-34,37-38,41H,18-19,22,24-26H2,1-2H3,(H,42,44)/t33-,34+,38-/m1/s1. The van der Waals surface area contributed by atoms with Gasteiger partial charge in [-0.3, -0.25) is 4.79 Å². The van der Waals surface area contributed by atoms with Crippen molar-refractivity contribution < 1.29 is 23.8 Å². The predicted octanol–water partition coefficient (Wildman–Crippen LogP) is 5.90. The first-order valence-corrected chi connectivity index (χ1v) is 16.0. The van der Waals surface area contributed by atoms with E-state index in [4.69, 9.17) is 19.5 Å². The number of Topliss-reactive ketones (excluding diaryl/α,β-unsaturated/α-hetero) is 1. The van der Waals surface area contributed by atoms with Crippen LogP contribution in [0.4, 0.5) is 4.79 Å². The lowest BCUT2D eigenvalue weighted by Gasteiger charge is -2.31. The maximum absolute atomic E-state index is 14.2. The predicted molar refractivity (Wildman–Crippen MR) is 180 cm³/mol. The summed E-state index contributed by atoms with van der Waals surface area (Å²) in [7, 11) is 1.30. The smallest absolute Gasteiger partial charge is 0.407 e.